The molecule has 0 aliphatic rings. The highest BCUT2D eigenvalue weighted by molar-refractivity contribution is 7.89. The minimum atomic E-state index is -3.47. The fourth-order valence-electron chi connectivity index (χ4n) is 2.11. The molecule has 0 fully saturated rings. The van der Waals surface area contributed by atoms with E-state index in [1.807, 2.05) is 19.9 Å². The Bertz CT molecular complexity index is 740. The number of benzene rings is 2. The summed E-state index contributed by atoms with van der Waals surface area (Å²) >= 11 is 0. The topological polar surface area (TPSA) is 55.4 Å². The van der Waals surface area contributed by atoms with Crippen molar-refractivity contribution >= 4 is 10.0 Å². The molecule has 0 aromatic heterocycles. The van der Waals surface area contributed by atoms with Gasteiger partial charge >= 0.3 is 0 Å². The van der Waals surface area contributed by atoms with Gasteiger partial charge in [0.2, 0.25) is 10.0 Å². The molecule has 5 heteroatoms. The minimum absolute atomic E-state index is 0.226. The Hall–Kier alpha value is -1.85. The summed E-state index contributed by atoms with van der Waals surface area (Å²) < 4.78 is 32.3. The molecule has 0 saturated carbocycles. The molecule has 118 valence electrons. The molecular weight excluding hydrogens is 298 g/mol. The maximum atomic E-state index is 12.0. The maximum Gasteiger partial charge on any atom is 0.240 e. The molecule has 1 N–H and O–H groups in total. The standard InChI is InChI=1S/C17H21NO3S/c1-13-11-15(3)17(12-14(13)2)21-10-9-18-22(19,20)16-7-5-4-6-8-16/h4-8,11-12,18H,9-10H2,1-3H3. The van der Waals surface area contributed by atoms with Crippen molar-refractivity contribution in [2.45, 2.75) is 25.7 Å². The first kappa shape index (κ1) is 16.5. The summed E-state index contributed by atoms with van der Waals surface area (Å²) in [6.07, 6.45) is 0. The van der Waals surface area contributed by atoms with Gasteiger partial charge in [0.1, 0.15) is 12.4 Å². The Balaban J connectivity index is 1.91. The van der Waals surface area contributed by atoms with E-state index >= 15 is 0 Å². The summed E-state index contributed by atoms with van der Waals surface area (Å²) in [5.41, 5.74) is 3.43. The van der Waals surface area contributed by atoms with Gasteiger partial charge in [-0.1, -0.05) is 24.3 Å². The van der Waals surface area contributed by atoms with E-state index in [1.54, 1.807) is 30.3 Å². The van der Waals surface area contributed by atoms with Gasteiger partial charge in [0, 0.05) is 6.54 Å². The summed E-state index contributed by atoms with van der Waals surface area (Å²) in [5, 5.41) is 0. The monoisotopic (exact) mass is 319 g/mol. The van der Waals surface area contributed by atoms with E-state index in [9.17, 15) is 8.42 Å². The largest absolute Gasteiger partial charge is 0.492 e. The summed E-state index contributed by atoms with van der Waals surface area (Å²) in [6, 6.07) is 12.4. The SMILES string of the molecule is Cc1cc(C)c(OCCNS(=O)(=O)c2ccccc2)cc1C. The van der Waals surface area contributed by atoms with Crippen molar-refractivity contribution in [3.05, 3.63) is 59.2 Å². The normalized spacial score (nSPS) is 11.4. The lowest BCUT2D eigenvalue weighted by Gasteiger charge is -2.12. The molecule has 0 aliphatic carbocycles. The lowest BCUT2D eigenvalue weighted by molar-refractivity contribution is 0.320. The molecule has 2 rings (SSSR count). The van der Waals surface area contributed by atoms with Crippen molar-refractivity contribution in [1.82, 2.24) is 4.72 Å². The smallest absolute Gasteiger partial charge is 0.240 e. The van der Waals surface area contributed by atoms with Crippen LogP contribution in [-0.2, 0) is 10.0 Å². The average Bonchev–Trinajstić information content (AvgIpc) is 2.49. The average molecular weight is 319 g/mol. The molecule has 0 aliphatic heterocycles. The van der Waals surface area contributed by atoms with Crippen LogP contribution in [0.25, 0.3) is 0 Å². The van der Waals surface area contributed by atoms with Crippen molar-refractivity contribution < 1.29 is 13.2 Å². The van der Waals surface area contributed by atoms with Gasteiger partial charge in [0.05, 0.1) is 4.90 Å². The van der Waals surface area contributed by atoms with Crippen LogP contribution in [0.3, 0.4) is 0 Å². The van der Waals surface area contributed by atoms with E-state index in [4.69, 9.17) is 4.74 Å². The molecule has 22 heavy (non-hydrogen) atoms. The lowest BCUT2D eigenvalue weighted by Crippen LogP contribution is -2.28. The van der Waals surface area contributed by atoms with Crippen molar-refractivity contribution in [2.75, 3.05) is 13.2 Å². The fourth-order valence-corrected chi connectivity index (χ4v) is 3.14. The third-order valence-corrected chi connectivity index (χ3v) is 4.97. The van der Waals surface area contributed by atoms with Crippen LogP contribution in [0, 0.1) is 20.8 Å². The van der Waals surface area contributed by atoms with E-state index in [1.165, 1.54) is 5.56 Å². The molecule has 0 saturated heterocycles. The maximum absolute atomic E-state index is 12.0. The third kappa shape index (κ3) is 4.08. The molecule has 0 amide bonds. The van der Waals surface area contributed by atoms with Crippen LogP contribution in [-0.4, -0.2) is 21.6 Å². The minimum Gasteiger partial charge on any atom is -0.492 e. The quantitative estimate of drug-likeness (QED) is 0.833. The number of sulfonamides is 1. The van der Waals surface area contributed by atoms with Gasteiger partial charge in [-0.3, -0.25) is 0 Å². The van der Waals surface area contributed by atoms with E-state index in [-0.39, 0.29) is 18.0 Å². The number of nitrogens with one attached hydrogen (secondary N) is 1. The van der Waals surface area contributed by atoms with Crippen LogP contribution in [0.2, 0.25) is 0 Å². The van der Waals surface area contributed by atoms with E-state index in [0.29, 0.717) is 0 Å². The van der Waals surface area contributed by atoms with E-state index in [2.05, 4.69) is 17.7 Å². The Morgan fingerprint density at radius 3 is 2.27 bits per heavy atom. The van der Waals surface area contributed by atoms with Crippen molar-refractivity contribution in [2.24, 2.45) is 0 Å². The molecule has 0 spiro atoms. The Labute approximate surface area is 132 Å². The van der Waals surface area contributed by atoms with E-state index < -0.39 is 10.0 Å². The summed E-state index contributed by atoms with van der Waals surface area (Å²) in [5.74, 6) is 0.794. The highest BCUT2D eigenvalue weighted by atomic mass is 32.2. The van der Waals surface area contributed by atoms with Gasteiger partial charge < -0.3 is 4.74 Å². The number of hydrogen-bond acceptors (Lipinski definition) is 3. The van der Waals surface area contributed by atoms with Crippen LogP contribution in [0.1, 0.15) is 16.7 Å². The van der Waals surface area contributed by atoms with Gasteiger partial charge in [0.25, 0.3) is 0 Å². The molecule has 4 nitrogen and oxygen atoms in total. The molecule has 0 atom stereocenters. The van der Waals surface area contributed by atoms with Crippen molar-refractivity contribution in [3.63, 3.8) is 0 Å². The molecule has 0 radical (unpaired) electrons. The van der Waals surface area contributed by atoms with Crippen LogP contribution in [0.15, 0.2) is 47.4 Å². The Kier molecular flexibility index (Phi) is 5.21. The molecule has 0 bridgehead atoms. The summed E-state index contributed by atoms with van der Waals surface area (Å²) in [7, 11) is -3.47. The number of rotatable bonds is 6. The first-order chi connectivity index (χ1) is 10.4. The Morgan fingerprint density at radius 1 is 0.955 bits per heavy atom. The van der Waals surface area contributed by atoms with Gasteiger partial charge in [-0.25, -0.2) is 13.1 Å². The summed E-state index contributed by atoms with van der Waals surface area (Å²) in [4.78, 5) is 0.261. The van der Waals surface area contributed by atoms with Crippen molar-refractivity contribution in [1.29, 1.82) is 0 Å². The second-order valence-electron chi connectivity index (χ2n) is 5.26. The van der Waals surface area contributed by atoms with Crippen LogP contribution < -0.4 is 9.46 Å². The van der Waals surface area contributed by atoms with Gasteiger partial charge in [-0.05, 0) is 55.7 Å². The zero-order chi connectivity index (χ0) is 16.2. The lowest BCUT2D eigenvalue weighted by atomic mass is 10.1. The van der Waals surface area contributed by atoms with Crippen LogP contribution >= 0.6 is 0 Å². The molecule has 2 aromatic rings. The first-order valence-corrected chi connectivity index (χ1v) is 8.64. The molecule has 2 aromatic carbocycles. The highest BCUT2D eigenvalue weighted by Crippen LogP contribution is 2.22. The zero-order valence-electron chi connectivity index (χ0n) is 13.1. The second-order valence-corrected chi connectivity index (χ2v) is 7.03. The van der Waals surface area contributed by atoms with Crippen LogP contribution in [0.4, 0.5) is 0 Å². The second kappa shape index (κ2) is 6.94. The number of aryl methyl sites for hydroxylation is 3. The highest BCUT2D eigenvalue weighted by Gasteiger charge is 2.12. The third-order valence-electron chi connectivity index (χ3n) is 3.50. The number of ether oxygens (including phenoxy) is 1. The fraction of sp³-hybridized carbons (Fsp3) is 0.294. The van der Waals surface area contributed by atoms with Crippen molar-refractivity contribution in [3.8, 4) is 5.75 Å². The van der Waals surface area contributed by atoms with Crippen LogP contribution in [0.5, 0.6) is 5.75 Å². The summed E-state index contributed by atoms with van der Waals surface area (Å²) in [6.45, 7) is 6.58. The Morgan fingerprint density at radius 2 is 1.59 bits per heavy atom. The molecule has 0 heterocycles. The zero-order valence-corrected chi connectivity index (χ0v) is 13.9. The molecule has 0 unspecified atom stereocenters. The van der Waals surface area contributed by atoms with Gasteiger partial charge in [-0.2, -0.15) is 0 Å². The first-order valence-electron chi connectivity index (χ1n) is 7.15. The van der Waals surface area contributed by atoms with E-state index in [0.717, 1.165) is 16.9 Å². The molecular formula is C17H21NO3S. The van der Waals surface area contributed by atoms with Gasteiger partial charge in [0.15, 0.2) is 0 Å². The van der Waals surface area contributed by atoms with Gasteiger partial charge in [-0.15, -0.1) is 0 Å². The predicted molar refractivity (Wildman–Crippen MR) is 87.8 cm³/mol. The predicted octanol–water partition coefficient (Wildman–Crippen LogP) is 2.97. The number of hydrogen-bond donors (Lipinski definition) is 1.